The summed E-state index contributed by atoms with van der Waals surface area (Å²) < 4.78 is 1.90. The van der Waals surface area contributed by atoms with E-state index in [1.165, 1.54) is 18.4 Å². The molecule has 1 saturated carbocycles. The highest BCUT2D eigenvalue weighted by molar-refractivity contribution is 5.80. The summed E-state index contributed by atoms with van der Waals surface area (Å²) in [6.45, 7) is 13.4. The number of nitrogens with one attached hydrogen (secondary N) is 1. The molecular formula is C24H43N7O. The first kappa shape index (κ1) is 24.6. The van der Waals surface area contributed by atoms with Gasteiger partial charge in [0, 0.05) is 77.6 Å². The highest BCUT2D eigenvalue weighted by atomic mass is 16.2. The van der Waals surface area contributed by atoms with Gasteiger partial charge >= 0.3 is 0 Å². The molecule has 8 nitrogen and oxygen atoms in total. The smallest absolute Gasteiger partial charge is 0.225 e. The zero-order valence-corrected chi connectivity index (χ0v) is 20.8. The monoisotopic (exact) mass is 445 g/mol. The molecule has 0 unspecified atom stereocenters. The number of aliphatic imine (C=N–C) groups is 1. The predicted octanol–water partition coefficient (Wildman–Crippen LogP) is 2.28. The Kier molecular flexibility index (Phi) is 8.96. The Hall–Kier alpha value is -2.09. The van der Waals surface area contributed by atoms with Crippen molar-refractivity contribution in [2.45, 2.75) is 58.9 Å². The largest absolute Gasteiger partial charge is 0.357 e. The lowest BCUT2D eigenvalue weighted by Gasteiger charge is -2.35. The van der Waals surface area contributed by atoms with E-state index in [1.54, 1.807) is 0 Å². The number of aromatic nitrogens is 2. The van der Waals surface area contributed by atoms with Crippen LogP contribution in [-0.4, -0.2) is 89.2 Å². The van der Waals surface area contributed by atoms with Crippen LogP contribution in [0.2, 0.25) is 0 Å². The van der Waals surface area contributed by atoms with Crippen molar-refractivity contribution in [1.29, 1.82) is 0 Å². The summed E-state index contributed by atoms with van der Waals surface area (Å²) in [4.78, 5) is 24.2. The van der Waals surface area contributed by atoms with Crippen LogP contribution >= 0.6 is 0 Å². The summed E-state index contributed by atoms with van der Waals surface area (Å²) in [5.41, 5.74) is 2.40. The van der Waals surface area contributed by atoms with Crippen molar-refractivity contribution >= 4 is 11.9 Å². The van der Waals surface area contributed by atoms with Crippen LogP contribution in [0, 0.1) is 5.92 Å². The molecule has 0 atom stereocenters. The number of amides is 1. The van der Waals surface area contributed by atoms with E-state index in [0.29, 0.717) is 17.7 Å². The summed E-state index contributed by atoms with van der Waals surface area (Å²) in [5.74, 6) is 2.02. The van der Waals surface area contributed by atoms with Gasteiger partial charge in [-0.05, 0) is 25.7 Å². The van der Waals surface area contributed by atoms with Gasteiger partial charge in [-0.15, -0.1) is 0 Å². The van der Waals surface area contributed by atoms with Gasteiger partial charge in [0.15, 0.2) is 5.96 Å². The van der Waals surface area contributed by atoms with E-state index < -0.39 is 0 Å². The molecule has 0 aromatic carbocycles. The third kappa shape index (κ3) is 6.47. The van der Waals surface area contributed by atoms with E-state index in [2.05, 4.69) is 59.1 Å². The van der Waals surface area contributed by atoms with Crippen LogP contribution in [0.3, 0.4) is 0 Å². The lowest BCUT2D eigenvalue weighted by Crippen LogP contribution is -2.50. The second-order valence-electron chi connectivity index (χ2n) is 9.61. The molecule has 1 aromatic heterocycles. The van der Waals surface area contributed by atoms with Crippen molar-refractivity contribution in [2.24, 2.45) is 18.0 Å². The zero-order valence-electron chi connectivity index (χ0n) is 20.8. The Labute approximate surface area is 194 Å². The lowest BCUT2D eigenvalue weighted by molar-refractivity contribution is -0.137. The number of carbonyl (C=O) groups excluding carboxylic acids is 1. The number of rotatable bonds is 8. The average Bonchev–Trinajstić information content (AvgIpc) is 3.43. The zero-order chi connectivity index (χ0) is 23.1. The number of aryl methyl sites for hydroxylation is 1. The fraction of sp³-hybridized carbons (Fsp3) is 0.792. The molecular weight excluding hydrogens is 402 g/mol. The van der Waals surface area contributed by atoms with Crippen molar-refractivity contribution < 1.29 is 4.79 Å². The molecule has 8 heteroatoms. The SMILES string of the molecule is CCNC(=NCCN1CCN(C(=O)C2CCCC2)CC1)N(C)Cc1cn(C)nc1C(C)C. The second-order valence-corrected chi connectivity index (χ2v) is 9.61. The highest BCUT2D eigenvalue weighted by Gasteiger charge is 2.29. The van der Waals surface area contributed by atoms with Crippen molar-refractivity contribution in [3.63, 3.8) is 0 Å². The first-order chi connectivity index (χ1) is 15.4. The maximum absolute atomic E-state index is 12.6. The van der Waals surface area contributed by atoms with Gasteiger partial charge < -0.3 is 15.1 Å². The lowest BCUT2D eigenvalue weighted by atomic mass is 10.1. The van der Waals surface area contributed by atoms with Crippen molar-refractivity contribution in [1.82, 2.24) is 29.8 Å². The molecule has 0 spiro atoms. The standard InChI is InChI=1S/C24H43N7O/c1-6-25-24(28(4)17-21-18-29(5)27-22(21)19(2)3)26-11-12-30-13-15-31(16-14-30)23(32)20-9-7-8-10-20/h18-20H,6-17H2,1-5H3,(H,25,26). The summed E-state index contributed by atoms with van der Waals surface area (Å²) in [5, 5.41) is 8.06. The maximum atomic E-state index is 12.6. The van der Waals surface area contributed by atoms with Crippen molar-refractivity contribution in [3.8, 4) is 0 Å². The van der Waals surface area contributed by atoms with Crippen LogP contribution in [0.4, 0.5) is 0 Å². The minimum absolute atomic E-state index is 0.292. The Bertz CT molecular complexity index is 758. The summed E-state index contributed by atoms with van der Waals surface area (Å²) in [7, 11) is 4.07. The van der Waals surface area contributed by atoms with Gasteiger partial charge in [0.1, 0.15) is 0 Å². The number of hydrogen-bond acceptors (Lipinski definition) is 4. The molecule has 2 fully saturated rings. The number of hydrogen-bond donors (Lipinski definition) is 1. The quantitative estimate of drug-likeness (QED) is 0.491. The van der Waals surface area contributed by atoms with Crippen LogP contribution in [0.5, 0.6) is 0 Å². The van der Waals surface area contributed by atoms with E-state index in [1.807, 2.05) is 11.7 Å². The van der Waals surface area contributed by atoms with Gasteiger partial charge in [-0.25, -0.2) is 0 Å². The number of nitrogens with zero attached hydrogens (tertiary/aromatic N) is 6. The Morgan fingerprint density at radius 1 is 1.25 bits per heavy atom. The van der Waals surface area contributed by atoms with Gasteiger partial charge in [-0.1, -0.05) is 26.7 Å². The molecule has 1 aromatic rings. The van der Waals surface area contributed by atoms with E-state index >= 15 is 0 Å². The molecule has 1 N–H and O–H groups in total. The first-order valence-corrected chi connectivity index (χ1v) is 12.4. The van der Waals surface area contributed by atoms with Gasteiger partial charge in [-0.3, -0.25) is 19.4 Å². The van der Waals surface area contributed by atoms with Crippen molar-refractivity contribution in [2.75, 3.05) is 52.9 Å². The summed E-state index contributed by atoms with van der Waals surface area (Å²) in [6.07, 6.45) is 6.73. The highest BCUT2D eigenvalue weighted by Crippen LogP contribution is 2.27. The molecule has 32 heavy (non-hydrogen) atoms. The van der Waals surface area contributed by atoms with Crippen LogP contribution in [-0.2, 0) is 18.4 Å². The van der Waals surface area contributed by atoms with Gasteiger partial charge in [0.05, 0.1) is 12.2 Å². The predicted molar refractivity (Wildman–Crippen MR) is 130 cm³/mol. The van der Waals surface area contributed by atoms with E-state index in [4.69, 9.17) is 4.99 Å². The Balaban J connectivity index is 1.48. The van der Waals surface area contributed by atoms with Gasteiger partial charge in [0.25, 0.3) is 0 Å². The van der Waals surface area contributed by atoms with E-state index in [-0.39, 0.29) is 0 Å². The normalized spacial score (nSPS) is 18.6. The van der Waals surface area contributed by atoms with Crippen LogP contribution in [0.25, 0.3) is 0 Å². The molecule has 1 amide bonds. The molecule has 2 heterocycles. The molecule has 180 valence electrons. The van der Waals surface area contributed by atoms with Crippen LogP contribution in [0.15, 0.2) is 11.2 Å². The second kappa shape index (κ2) is 11.7. The third-order valence-corrected chi connectivity index (χ3v) is 6.65. The molecule has 2 aliphatic rings. The minimum atomic E-state index is 0.292. The third-order valence-electron chi connectivity index (χ3n) is 6.65. The van der Waals surface area contributed by atoms with Crippen molar-refractivity contribution in [3.05, 3.63) is 17.5 Å². The number of piperazine rings is 1. The molecule has 1 saturated heterocycles. The fourth-order valence-corrected chi connectivity index (χ4v) is 4.88. The molecule has 0 radical (unpaired) electrons. The van der Waals surface area contributed by atoms with Gasteiger partial charge in [0.2, 0.25) is 5.91 Å². The minimum Gasteiger partial charge on any atom is -0.357 e. The first-order valence-electron chi connectivity index (χ1n) is 12.4. The maximum Gasteiger partial charge on any atom is 0.225 e. The number of guanidine groups is 1. The Morgan fingerprint density at radius 2 is 1.94 bits per heavy atom. The van der Waals surface area contributed by atoms with Crippen LogP contribution in [0.1, 0.15) is 63.6 Å². The molecule has 1 aliphatic heterocycles. The molecule has 1 aliphatic carbocycles. The topological polar surface area (TPSA) is 69.0 Å². The van der Waals surface area contributed by atoms with E-state index in [9.17, 15) is 4.79 Å². The fourth-order valence-electron chi connectivity index (χ4n) is 4.88. The summed E-state index contributed by atoms with van der Waals surface area (Å²) in [6, 6.07) is 0. The number of carbonyl (C=O) groups is 1. The molecule has 0 bridgehead atoms. The van der Waals surface area contributed by atoms with Gasteiger partial charge in [-0.2, -0.15) is 5.10 Å². The Morgan fingerprint density at radius 3 is 2.56 bits per heavy atom. The molecule has 3 rings (SSSR count). The average molecular weight is 446 g/mol. The van der Waals surface area contributed by atoms with Crippen LogP contribution < -0.4 is 5.32 Å². The van der Waals surface area contributed by atoms with E-state index in [0.717, 1.165) is 76.9 Å². The summed E-state index contributed by atoms with van der Waals surface area (Å²) >= 11 is 0.